The first kappa shape index (κ1) is 19.4. The van der Waals surface area contributed by atoms with Crippen molar-refractivity contribution in [2.24, 2.45) is 28.5 Å². The summed E-state index contributed by atoms with van der Waals surface area (Å²) in [6.45, 7) is 4.28. The molecule has 2 heterocycles. The lowest BCUT2D eigenvalue weighted by molar-refractivity contribution is -0.130. The SMILES string of the molecule is CC1(C)CC(=O)N(C[C@H]2CC2C(=O)N[C@H]2CC(C3CC3)Oc3ccccc32)C(N)=N1. The number of amides is 2. The first-order valence-corrected chi connectivity index (χ1v) is 11.0. The van der Waals surface area contributed by atoms with Crippen LogP contribution in [0.4, 0.5) is 0 Å². The zero-order valence-electron chi connectivity index (χ0n) is 17.6. The molecule has 2 aliphatic carbocycles. The van der Waals surface area contributed by atoms with Gasteiger partial charge in [0, 0.05) is 24.4 Å². The summed E-state index contributed by atoms with van der Waals surface area (Å²) in [6, 6.07) is 7.99. The summed E-state index contributed by atoms with van der Waals surface area (Å²) in [5.74, 6) is 1.90. The Morgan fingerprint density at radius 1 is 1.30 bits per heavy atom. The van der Waals surface area contributed by atoms with E-state index in [0.717, 1.165) is 24.2 Å². The Bertz CT molecular complexity index is 907. The third-order valence-electron chi connectivity index (χ3n) is 6.76. The van der Waals surface area contributed by atoms with E-state index in [4.69, 9.17) is 10.5 Å². The first-order valence-electron chi connectivity index (χ1n) is 11.0. The van der Waals surface area contributed by atoms with Gasteiger partial charge in [0.15, 0.2) is 5.96 Å². The summed E-state index contributed by atoms with van der Waals surface area (Å²) < 4.78 is 6.18. The van der Waals surface area contributed by atoms with E-state index in [1.807, 2.05) is 38.1 Å². The van der Waals surface area contributed by atoms with Crippen LogP contribution in [0.2, 0.25) is 0 Å². The molecule has 2 fully saturated rings. The first-order chi connectivity index (χ1) is 14.3. The van der Waals surface area contributed by atoms with Gasteiger partial charge in [0.25, 0.3) is 0 Å². The molecule has 30 heavy (non-hydrogen) atoms. The smallest absolute Gasteiger partial charge is 0.231 e. The van der Waals surface area contributed by atoms with Gasteiger partial charge in [0.05, 0.1) is 18.0 Å². The van der Waals surface area contributed by atoms with Gasteiger partial charge in [-0.25, -0.2) is 4.99 Å². The zero-order chi connectivity index (χ0) is 21.0. The average molecular weight is 411 g/mol. The maximum atomic E-state index is 13.0. The number of nitrogens with zero attached hydrogens (tertiary/aromatic N) is 2. The number of nitrogens with two attached hydrogens (primary N) is 1. The predicted octanol–water partition coefficient (Wildman–Crippen LogP) is 2.37. The van der Waals surface area contributed by atoms with Gasteiger partial charge in [0.2, 0.25) is 11.8 Å². The van der Waals surface area contributed by atoms with Gasteiger partial charge in [-0.05, 0) is 51.0 Å². The number of nitrogens with one attached hydrogen (secondary N) is 1. The number of ether oxygens (including phenoxy) is 1. The maximum Gasteiger partial charge on any atom is 0.231 e. The highest BCUT2D eigenvalue weighted by molar-refractivity contribution is 5.99. The minimum Gasteiger partial charge on any atom is -0.490 e. The molecule has 1 aromatic rings. The van der Waals surface area contributed by atoms with Gasteiger partial charge >= 0.3 is 0 Å². The summed E-state index contributed by atoms with van der Waals surface area (Å²) in [5.41, 5.74) is 6.64. The molecule has 160 valence electrons. The normalized spacial score (nSPS) is 32.0. The number of guanidine groups is 1. The number of carbonyl (C=O) groups is 2. The Morgan fingerprint density at radius 2 is 2.07 bits per heavy atom. The van der Waals surface area contributed by atoms with E-state index in [9.17, 15) is 9.59 Å². The largest absolute Gasteiger partial charge is 0.490 e. The lowest BCUT2D eigenvalue weighted by Gasteiger charge is -2.33. The number of carbonyl (C=O) groups excluding carboxylic acids is 2. The van der Waals surface area contributed by atoms with E-state index in [0.29, 0.717) is 18.9 Å². The number of para-hydroxylation sites is 1. The minimum absolute atomic E-state index is 0.0100. The Balaban J connectivity index is 1.22. The molecule has 0 radical (unpaired) electrons. The van der Waals surface area contributed by atoms with Crippen molar-refractivity contribution in [3.8, 4) is 5.75 Å². The average Bonchev–Trinajstić information content (AvgIpc) is 3.58. The lowest BCUT2D eigenvalue weighted by atomic mass is 9.94. The molecule has 1 aromatic carbocycles. The van der Waals surface area contributed by atoms with Gasteiger partial charge < -0.3 is 15.8 Å². The molecule has 2 amide bonds. The molecular formula is C23H30N4O3. The number of fused-ring (bicyclic) bond motifs is 1. The topological polar surface area (TPSA) is 97.0 Å². The zero-order valence-corrected chi connectivity index (χ0v) is 17.6. The van der Waals surface area contributed by atoms with Crippen LogP contribution in [0.5, 0.6) is 5.75 Å². The van der Waals surface area contributed by atoms with E-state index >= 15 is 0 Å². The predicted molar refractivity (Wildman–Crippen MR) is 113 cm³/mol. The molecule has 0 saturated heterocycles. The second-order valence-corrected chi connectivity index (χ2v) is 9.89. The third kappa shape index (κ3) is 3.77. The summed E-state index contributed by atoms with van der Waals surface area (Å²) >= 11 is 0. The van der Waals surface area contributed by atoms with Crippen molar-refractivity contribution >= 4 is 17.8 Å². The van der Waals surface area contributed by atoms with E-state index in [1.54, 1.807) is 4.90 Å². The van der Waals surface area contributed by atoms with Crippen molar-refractivity contribution in [2.75, 3.05) is 6.54 Å². The number of hydrogen-bond acceptors (Lipinski definition) is 5. The van der Waals surface area contributed by atoms with Crippen LogP contribution in [0.3, 0.4) is 0 Å². The maximum absolute atomic E-state index is 13.0. The Hall–Kier alpha value is -2.57. The number of rotatable bonds is 5. The molecule has 2 unspecified atom stereocenters. The fraction of sp³-hybridized carbons (Fsp3) is 0.609. The van der Waals surface area contributed by atoms with Crippen LogP contribution in [0.25, 0.3) is 0 Å². The summed E-state index contributed by atoms with van der Waals surface area (Å²) in [4.78, 5) is 31.4. The number of benzene rings is 1. The van der Waals surface area contributed by atoms with Crippen LogP contribution in [0.15, 0.2) is 29.3 Å². The van der Waals surface area contributed by atoms with E-state index < -0.39 is 5.54 Å². The fourth-order valence-corrected chi connectivity index (χ4v) is 4.82. The van der Waals surface area contributed by atoms with Crippen LogP contribution >= 0.6 is 0 Å². The summed E-state index contributed by atoms with van der Waals surface area (Å²) in [6.07, 6.45) is 4.56. The van der Waals surface area contributed by atoms with Crippen molar-refractivity contribution < 1.29 is 14.3 Å². The molecule has 4 aliphatic rings. The van der Waals surface area contributed by atoms with E-state index in [1.165, 1.54) is 12.8 Å². The Morgan fingerprint density at radius 3 is 2.80 bits per heavy atom. The highest BCUT2D eigenvalue weighted by Gasteiger charge is 2.47. The van der Waals surface area contributed by atoms with E-state index in [2.05, 4.69) is 10.3 Å². The Kier molecular flexibility index (Phi) is 4.52. The molecule has 0 spiro atoms. The molecule has 5 rings (SSSR count). The second kappa shape index (κ2) is 7.00. The summed E-state index contributed by atoms with van der Waals surface area (Å²) in [5, 5.41) is 3.27. The quantitative estimate of drug-likeness (QED) is 0.779. The van der Waals surface area contributed by atoms with Crippen molar-refractivity contribution in [2.45, 2.75) is 63.6 Å². The second-order valence-electron chi connectivity index (χ2n) is 9.89. The van der Waals surface area contributed by atoms with E-state index in [-0.39, 0.29) is 41.8 Å². The molecule has 4 atom stereocenters. The summed E-state index contributed by atoms with van der Waals surface area (Å²) in [7, 11) is 0. The molecule has 0 bridgehead atoms. The van der Waals surface area contributed by atoms with Crippen LogP contribution in [-0.4, -0.2) is 40.9 Å². The van der Waals surface area contributed by atoms with Crippen LogP contribution in [0.1, 0.15) is 57.6 Å². The minimum atomic E-state index is -0.452. The Labute approximate surface area is 177 Å². The van der Waals surface area contributed by atoms with Crippen LogP contribution < -0.4 is 15.8 Å². The molecule has 2 saturated carbocycles. The fourth-order valence-electron chi connectivity index (χ4n) is 4.82. The standard InChI is InChI=1S/C23H30N4O3/c1-23(2)11-20(28)27(22(24)26-23)12-14-9-16(14)21(29)25-17-10-19(13-7-8-13)30-18-6-4-3-5-15(17)18/h3-6,13-14,16-17,19H,7-12H2,1-2H3,(H2,24,26)(H,25,29)/t14-,16?,17+,19?/m1/s1. The van der Waals surface area contributed by atoms with Gasteiger partial charge in [-0.1, -0.05) is 18.2 Å². The van der Waals surface area contributed by atoms with Crippen LogP contribution in [0, 0.1) is 17.8 Å². The van der Waals surface area contributed by atoms with Crippen molar-refractivity contribution in [1.82, 2.24) is 10.2 Å². The highest BCUT2D eigenvalue weighted by Crippen LogP contribution is 2.45. The van der Waals surface area contributed by atoms with Gasteiger partial charge in [-0.3, -0.25) is 14.5 Å². The molecular weight excluding hydrogens is 380 g/mol. The van der Waals surface area contributed by atoms with Gasteiger partial charge in [0.1, 0.15) is 11.9 Å². The molecule has 7 heteroatoms. The molecule has 7 nitrogen and oxygen atoms in total. The van der Waals surface area contributed by atoms with Gasteiger partial charge in [-0.15, -0.1) is 0 Å². The van der Waals surface area contributed by atoms with Crippen molar-refractivity contribution in [3.63, 3.8) is 0 Å². The number of aliphatic imine (C=N–C) groups is 1. The van der Waals surface area contributed by atoms with Crippen molar-refractivity contribution in [3.05, 3.63) is 29.8 Å². The molecule has 2 aliphatic heterocycles. The number of hydrogen-bond donors (Lipinski definition) is 2. The van der Waals surface area contributed by atoms with Crippen LogP contribution in [-0.2, 0) is 9.59 Å². The third-order valence-corrected chi connectivity index (χ3v) is 6.76. The molecule has 0 aromatic heterocycles. The molecule has 3 N–H and O–H groups in total. The van der Waals surface area contributed by atoms with Crippen molar-refractivity contribution in [1.29, 1.82) is 0 Å². The lowest BCUT2D eigenvalue weighted by Crippen LogP contribution is -2.50. The van der Waals surface area contributed by atoms with Gasteiger partial charge in [-0.2, -0.15) is 0 Å². The monoisotopic (exact) mass is 410 g/mol. The highest BCUT2D eigenvalue weighted by atomic mass is 16.5.